The molecule has 6 atom stereocenters. The predicted octanol–water partition coefficient (Wildman–Crippen LogP) is 27.5. The molecule has 482 valence electrons. The number of aliphatic carboxylic acids is 1. The van der Waals surface area contributed by atoms with E-state index in [2.05, 4.69) is 13.8 Å². The third-order valence-corrected chi connectivity index (χ3v) is 20.7. The van der Waals surface area contributed by atoms with Crippen molar-refractivity contribution < 1.29 is 15.0 Å². The van der Waals surface area contributed by atoms with Gasteiger partial charge in [0.1, 0.15) is 0 Å². The Hall–Kier alpha value is -0.570. The first-order valence-electron chi connectivity index (χ1n) is 39.0. The minimum atomic E-state index is -0.797. The molecule has 0 aromatic rings. The fourth-order valence-corrected chi connectivity index (χ4v) is 14.6. The molecule has 3 heteroatoms. The van der Waals surface area contributed by atoms with Crippen LogP contribution in [0.5, 0.6) is 0 Å². The first-order valence-corrected chi connectivity index (χ1v) is 39.0. The Morgan fingerprint density at radius 1 is 0.259 bits per heavy atom. The van der Waals surface area contributed by atoms with Crippen molar-refractivity contribution in [3.63, 3.8) is 0 Å². The highest BCUT2D eigenvalue weighted by Crippen LogP contribution is 2.47. The Morgan fingerprint density at radius 3 is 0.605 bits per heavy atom. The van der Waals surface area contributed by atoms with Crippen molar-refractivity contribution >= 4 is 5.97 Å². The largest absolute Gasteiger partial charge is 0.481 e. The molecule has 0 bridgehead atoms. The summed E-state index contributed by atoms with van der Waals surface area (Å²) in [6.07, 6.45) is 96.0. The van der Waals surface area contributed by atoms with Crippen LogP contribution >= 0.6 is 0 Å². The first kappa shape index (κ1) is 76.5. The van der Waals surface area contributed by atoms with Gasteiger partial charge in [-0.3, -0.25) is 4.79 Å². The van der Waals surface area contributed by atoms with Gasteiger partial charge in [0.05, 0.1) is 12.0 Å². The van der Waals surface area contributed by atoms with Gasteiger partial charge in [-0.25, -0.2) is 0 Å². The van der Waals surface area contributed by atoms with Crippen molar-refractivity contribution in [1.29, 1.82) is 0 Å². The molecule has 0 radical (unpaired) electrons. The van der Waals surface area contributed by atoms with Crippen LogP contribution in [0, 0.1) is 29.6 Å². The first-order chi connectivity index (χ1) is 40.1. The van der Waals surface area contributed by atoms with Gasteiger partial charge in [0, 0.05) is 0 Å². The fourth-order valence-electron chi connectivity index (χ4n) is 14.6. The van der Waals surface area contributed by atoms with Crippen molar-refractivity contribution in [1.82, 2.24) is 0 Å². The van der Waals surface area contributed by atoms with Gasteiger partial charge in [-0.1, -0.05) is 431 Å². The molecule has 0 aromatic heterocycles. The van der Waals surface area contributed by atoms with Crippen LogP contribution in [0.3, 0.4) is 0 Å². The van der Waals surface area contributed by atoms with Crippen molar-refractivity contribution in [3.05, 3.63) is 0 Å². The van der Waals surface area contributed by atoms with E-state index in [1.165, 1.54) is 379 Å². The molecule has 6 unspecified atom stereocenters. The number of carboxylic acid groups (broad SMARTS) is 1. The fraction of sp³-hybridized carbons (Fsp3) is 0.987. The molecular formula is C78H152O3. The highest BCUT2D eigenvalue weighted by atomic mass is 16.4. The summed E-state index contributed by atoms with van der Waals surface area (Å²) in [5.74, 6) is 3.06. The van der Waals surface area contributed by atoms with Gasteiger partial charge in [0.15, 0.2) is 0 Å². The Labute approximate surface area is 511 Å². The van der Waals surface area contributed by atoms with E-state index in [1.807, 2.05) is 0 Å². The Kier molecular flexibility index (Phi) is 57.7. The van der Waals surface area contributed by atoms with Crippen LogP contribution in [0.1, 0.15) is 457 Å². The van der Waals surface area contributed by atoms with Gasteiger partial charge in [-0.05, 0) is 49.4 Å². The molecule has 2 aliphatic carbocycles. The summed E-state index contributed by atoms with van der Waals surface area (Å²) in [4.78, 5) is 11.9. The van der Waals surface area contributed by atoms with Crippen LogP contribution < -0.4 is 0 Å². The zero-order valence-corrected chi connectivity index (χ0v) is 56.1. The van der Waals surface area contributed by atoms with E-state index in [1.54, 1.807) is 25.7 Å². The van der Waals surface area contributed by atoms with E-state index in [0.29, 0.717) is 12.8 Å². The molecule has 2 aliphatic rings. The molecule has 0 aromatic carbocycles. The summed E-state index contributed by atoms with van der Waals surface area (Å²) in [5.41, 5.74) is 0. The molecule has 0 aliphatic heterocycles. The van der Waals surface area contributed by atoms with Gasteiger partial charge in [-0.15, -0.1) is 0 Å². The van der Waals surface area contributed by atoms with Crippen LogP contribution in [0.25, 0.3) is 0 Å². The highest BCUT2D eigenvalue weighted by molar-refractivity contribution is 5.70. The highest BCUT2D eigenvalue weighted by Gasteiger charge is 2.36. The Balaban J connectivity index is 1.19. The van der Waals surface area contributed by atoms with Crippen LogP contribution in [-0.4, -0.2) is 22.3 Å². The Bertz CT molecular complexity index is 1230. The van der Waals surface area contributed by atoms with E-state index in [4.69, 9.17) is 0 Å². The second kappa shape index (κ2) is 61.1. The Morgan fingerprint density at radius 2 is 0.420 bits per heavy atom. The van der Waals surface area contributed by atoms with E-state index < -0.39 is 18.0 Å². The molecule has 0 heterocycles. The predicted molar refractivity (Wildman–Crippen MR) is 361 cm³/mol. The number of aliphatic hydroxyl groups is 1. The number of carboxylic acids is 1. The molecule has 0 spiro atoms. The number of hydrogen-bond donors (Lipinski definition) is 2. The smallest absolute Gasteiger partial charge is 0.309 e. The normalized spacial score (nSPS) is 17.6. The van der Waals surface area contributed by atoms with Crippen molar-refractivity contribution in [2.45, 2.75) is 463 Å². The summed E-state index contributed by atoms with van der Waals surface area (Å²) in [6.45, 7) is 4.61. The molecule has 2 N–H and O–H groups in total. The maximum absolute atomic E-state index is 11.9. The topological polar surface area (TPSA) is 57.5 Å². The number of carbonyl (C=O) groups is 1. The second-order valence-electron chi connectivity index (χ2n) is 28.6. The minimum absolute atomic E-state index is 0.580. The van der Waals surface area contributed by atoms with Gasteiger partial charge in [0.25, 0.3) is 0 Å². The van der Waals surface area contributed by atoms with Crippen LogP contribution in [-0.2, 0) is 4.79 Å². The van der Waals surface area contributed by atoms with Gasteiger partial charge in [0.2, 0.25) is 0 Å². The lowest BCUT2D eigenvalue weighted by molar-refractivity contribution is -0.146. The minimum Gasteiger partial charge on any atom is -0.481 e. The SMILES string of the molecule is CCCCCCCCCCCCCCCCCCCCCCC(C(=O)O)C(O)CCCCCCCCCCCCCCCCCCCC1CC1CCCCCCCCCCC1CC1CCCCCCCCCCCCCCCCCC. The molecule has 2 fully saturated rings. The second-order valence-corrected chi connectivity index (χ2v) is 28.6. The average molecular weight is 1140 g/mol. The quantitative estimate of drug-likeness (QED) is 0.0597. The molecule has 0 amide bonds. The maximum atomic E-state index is 11.9. The lowest BCUT2D eigenvalue weighted by atomic mass is 9.91. The van der Waals surface area contributed by atoms with E-state index in [9.17, 15) is 15.0 Å². The average Bonchev–Trinajstić information content (AvgIpc) is 4.43. The number of hydrogen-bond acceptors (Lipinski definition) is 2. The van der Waals surface area contributed by atoms with Crippen LogP contribution in [0.15, 0.2) is 0 Å². The van der Waals surface area contributed by atoms with Gasteiger partial charge in [-0.2, -0.15) is 0 Å². The zero-order valence-electron chi connectivity index (χ0n) is 56.1. The van der Waals surface area contributed by atoms with Crippen molar-refractivity contribution in [2.75, 3.05) is 0 Å². The zero-order chi connectivity index (χ0) is 57.8. The summed E-state index contributed by atoms with van der Waals surface area (Å²) in [6, 6.07) is 0. The van der Waals surface area contributed by atoms with E-state index in [0.717, 1.165) is 49.4 Å². The summed E-state index contributed by atoms with van der Waals surface area (Å²) in [7, 11) is 0. The third kappa shape index (κ3) is 53.4. The van der Waals surface area contributed by atoms with Gasteiger partial charge < -0.3 is 10.2 Å². The maximum Gasteiger partial charge on any atom is 0.309 e. The summed E-state index contributed by atoms with van der Waals surface area (Å²) < 4.78 is 0. The third-order valence-electron chi connectivity index (χ3n) is 20.7. The monoisotopic (exact) mass is 1140 g/mol. The summed E-state index contributed by atoms with van der Waals surface area (Å²) >= 11 is 0. The standard InChI is InChI=1S/C78H152O3/c1-3-5-7-9-11-13-15-17-19-21-22-23-26-30-34-38-42-50-56-62-68-76(78(80)81)77(79)69-63-57-51-43-39-35-31-27-24-25-29-33-37-41-47-53-59-65-73-71-75(73)67-61-55-49-45-44-48-54-60-66-74-70-72(74)64-58-52-46-40-36-32-28-20-18-16-14-12-10-8-6-4-2/h72-77,79H,3-71H2,1-2H3,(H,80,81). The molecule has 0 saturated heterocycles. The molecule has 81 heavy (non-hydrogen) atoms. The number of unbranched alkanes of at least 4 members (excludes halogenated alkanes) is 57. The summed E-state index contributed by atoms with van der Waals surface area (Å²) in [5, 5.41) is 20.5. The van der Waals surface area contributed by atoms with Crippen LogP contribution in [0.2, 0.25) is 0 Å². The molecular weight excluding hydrogens is 985 g/mol. The molecule has 2 rings (SSSR count). The van der Waals surface area contributed by atoms with Crippen molar-refractivity contribution in [3.8, 4) is 0 Å². The van der Waals surface area contributed by atoms with E-state index >= 15 is 0 Å². The molecule has 2 saturated carbocycles. The lowest BCUT2D eigenvalue weighted by Gasteiger charge is -2.19. The van der Waals surface area contributed by atoms with Crippen molar-refractivity contribution in [2.24, 2.45) is 29.6 Å². The van der Waals surface area contributed by atoms with Crippen LogP contribution in [0.4, 0.5) is 0 Å². The number of aliphatic hydroxyl groups excluding tert-OH is 1. The van der Waals surface area contributed by atoms with Gasteiger partial charge >= 0.3 is 5.97 Å². The van der Waals surface area contributed by atoms with E-state index in [-0.39, 0.29) is 0 Å². The lowest BCUT2D eigenvalue weighted by Crippen LogP contribution is -2.28. The molecule has 3 nitrogen and oxygen atoms in total. The number of rotatable bonds is 71.